The van der Waals surface area contributed by atoms with Crippen LogP contribution in [-0.4, -0.2) is 29.3 Å². The Hall–Kier alpha value is -1.75. The molecular formula is C17H27NO4. The van der Waals surface area contributed by atoms with Gasteiger partial charge >= 0.3 is 5.97 Å². The van der Waals surface area contributed by atoms with Crippen LogP contribution in [0.1, 0.15) is 51.0 Å². The lowest BCUT2D eigenvalue weighted by Crippen LogP contribution is -2.36. The summed E-state index contributed by atoms with van der Waals surface area (Å²) >= 11 is 0. The van der Waals surface area contributed by atoms with Gasteiger partial charge in [-0.1, -0.05) is 45.1 Å². The molecule has 0 aromatic heterocycles. The van der Waals surface area contributed by atoms with Crippen LogP contribution >= 0.6 is 0 Å². The molecule has 0 saturated carbocycles. The summed E-state index contributed by atoms with van der Waals surface area (Å²) in [6, 6.07) is 4.48. The van der Waals surface area contributed by atoms with Crippen molar-refractivity contribution in [1.29, 1.82) is 0 Å². The highest BCUT2D eigenvalue weighted by Crippen LogP contribution is 2.26. The van der Waals surface area contributed by atoms with Gasteiger partial charge in [-0.25, -0.2) is 0 Å². The first-order chi connectivity index (χ1) is 10.6. The Morgan fingerprint density at radius 3 is 2.64 bits per heavy atom. The van der Waals surface area contributed by atoms with Gasteiger partial charge in [-0.05, 0) is 24.1 Å². The number of rotatable bonds is 11. The second kappa shape index (κ2) is 10.1. The molecule has 5 nitrogen and oxygen atoms in total. The fraction of sp³-hybridized carbons (Fsp3) is 0.588. The number of carboxylic acid groups (broad SMARTS) is 1. The molecule has 1 aromatic carbocycles. The van der Waals surface area contributed by atoms with Crippen molar-refractivity contribution in [2.45, 2.75) is 58.0 Å². The first-order valence-electron chi connectivity index (χ1n) is 7.90. The number of phenolic OH excluding ortho intramolecular Hbond substituents is 1. The van der Waals surface area contributed by atoms with E-state index in [0.717, 1.165) is 24.8 Å². The fourth-order valence-corrected chi connectivity index (χ4v) is 2.34. The molecule has 0 amide bonds. The molecule has 0 spiro atoms. The fourth-order valence-electron chi connectivity index (χ4n) is 2.34. The molecule has 1 aromatic rings. The lowest BCUT2D eigenvalue weighted by Gasteiger charge is -2.15. The maximum atomic E-state index is 11.3. The summed E-state index contributed by atoms with van der Waals surface area (Å²) in [6.45, 7) is 2.59. The number of phenols is 1. The molecule has 124 valence electrons. The predicted octanol–water partition coefficient (Wildman–Crippen LogP) is 3.30. The van der Waals surface area contributed by atoms with Gasteiger partial charge in [0.15, 0.2) is 11.5 Å². The third-order valence-corrected chi connectivity index (χ3v) is 3.69. The molecule has 0 aliphatic heterocycles. The van der Waals surface area contributed by atoms with Crippen LogP contribution in [0, 0.1) is 0 Å². The van der Waals surface area contributed by atoms with E-state index in [1.54, 1.807) is 18.2 Å². The number of carbonyl (C=O) groups is 1. The summed E-state index contributed by atoms with van der Waals surface area (Å²) in [5.41, 5.74) is 0.881. The van der Waals surface area contributed by atoms with Crippen molar-refractivity contribution >= 4 is 5.97 Å². The predicted molar refractivity (Wildman–Crippen MR) is 86.3 cm³/mol. The van der Waals surface area contributed by atoms with Crippen LogP contribution < -0.4 is 10.1 Å². The second-order valence-corrected chi connectivity index (χ2v) is 5.48. The van der Waals surface area contributed by atoms with Gasteiger partial charge in [-0.15, -0.1) is 0 Å². The zero-order chi connectivity index (χ0) is 16.4. The molecule has 1 atom stereocenters. The lowest BCUT2D eigenvalue weighted by atomic mass is 10.1. The molecular weight excluding hydrogens is 282 g/mol. The first-order valence-corrected chi connectivity index (χ1v) is 7.90. The minimum Gasteiger partial charge on any atom is -0.504 e. The first kappa shape index (κ1) is 18.3. The monoisotopic (exact) mass is 309 g/mol. The quantitative estimate of drug-likeness (QED) is 0.547. The maximum Gasteiger partial charge on any atom is 0.320 e. The molecule has 0 fully saturated rings. The van der Waals surface area contributed by atoms with E-state index in [0.29, 0.717) is 18.7 Å². The van der Waals surface area contributed by atoms with Crippen LogP contribution in [-0.2, 0) is 11.3 Å². The summed E-state index contributed by atoms with van der Waals surface area (Å²) in [6.07, 6.45) is 6.18. The highest BCUT2D eigenvalue weighted by Gasteiger charge is 2.16. The molecule has 22 heavy (non-hydrogen) atoms. The number of hydrogen-bond donors (Lipinski definition) is 3. The SMILES string of the molecule is CCCCCCCC(NCc1ccc(O)c(OC)c1)C(=O)O. The molecule has 0 saturated heterocycles. The summed E-state index contributed by atoms with van der Waals surface area (Å²) in [5, 5.41) is 21.9. The molecule has 0 aliphatic carbocycles. The van der Waals surface area contributed by atoms with Crippen molar-refractivity contribution in [1.82, 2.24) is 5.32 Å². The normalized spacial score (nSPS) is 12.1. The van der Waals surface area contributed by atoms with E-state index in [2.05, 4.69) is 12.2 Å². The molecule has 1 unspecified atom stereocenters. The van der Waals surface area contributed by atoms with Crippen LogP contribution in [0.25, 0.3) is 0 Å². The van der Waals surface area contributed by atoms with E-state index in [-0.39, 0.29) is 5.75 Å². The van der Waals surface area contributed by atoms with Gasteiger partial charge in [0.2, 0.25) is 0 Å². The van der Waals surface area contributed by atoms with E-state index in [1.807, 2.05) is 0 Å². The van der Waals surface area contributed by atoms with Crippen molar-refractivity contribution in [3.63, 3.8) is 0 Å². The van der Waals surface area contributed by atoms with Gasteiger partial charge in [0.1, 0.15) is 6.04 Å². The largest absolute Gasteiger partial charge is 0.504 e. The van der Waals surface area contributed by atoms with Crippen LogP contribution in [0.2, 0.25) is 0 Å². The average molecular weight is 309 g/mol. The summed E-state index contributed by atoms with van der Waals surface area (Å²) in [4.78, 5) is 11.3. The number of aliphatic carboxylic acids is 1. The number of unbranched alkanes of at least 4 members (excludes halogenated alkanes) is 4. The highest BCUT2D eigenvalue weighted by molar-refractivity contribution is 5.73. The van der Waals surface area contributed by atoms with Crippen LogP contribution in [0.3, 0.4) is 0 Å². The van der Waals surface area contributed by atoms with Crippen molar-refractivity contribution in [2.75, 3.05) is 7.11 Å². The Labute approximate surface area is 132 Å². The molecule has 5 heteroatoms. The molecule has 0 bridgehead atoms. The lowest BCUT2D eigenvalue weighted by molar-refractivity contribution is -0.139. The van der Waals surface area contributed by atoms with Gasteiger partial charge in [0.05, 0.1) is 7.11 Å². The number of nitrogens with one attached hydrogen (secondary N) is 1. The van der Waals surface area contributed by atoms with Crippen LogP contribution in [0.15, 0.2) is 18.2 Å². The topological polar surface area (TPSA) is 78.8 Å². The molecule has 1 rings (SSSR count). The number of benzene rings is 1. The Bertz CT molecular complexity index is 462. The van der Waals surface area contributed by atoms with Gasteiger partial charge in [0, 0.05) is 6.54 Å². The molecule has 3 N–H and O–H groups in total. The Balaban J connectivity index is 2.45. The standard InChI is InChI=1S/C17H27NO4/c1-3-4-5-6-7-8-14(17(20)21)18-12-13-9-10-15(19)16(11-13)22-2/h9-11,14,18-19H,3-8,12H2,1-2H3,(H,20,21). The number of carboxylic acids is 1. The average Bonchev–Trinajstić information content (AvgIpc) is 2.51. The van der Waals surface area contributed by atoms with Gasteiger partial charge < -0.3 is 20.3 Å². The number of methoxy groups -OCH3 is 1. The smallest absolute Gasteiger partial charge is 0.320 e. The minimum atomic E-state index is -0.818. The Morgan fingerprint density at radius 2 is 2.00 bits per heavy atom. The van der Waals surface area contributed by atoms with Crippen molar-refractivity contribution < 1.29 is 19.7 Å². The number of hydrogen-bond acceptors (Lipinski definition) is 4. The summed E-state index contributed by atoms with van der Waals surface area (Å²) in [7, 11) is 1.49. The van der Waals surface area contributed by atoms with E-state index >= 15 is 0 Å². The number of ether oxygens (including phenoxy) is 1. The van der Waals surface area contributed by atoms with Gasteiger partial charge in [-0.2, -0.15) is 0 Å². The third kappa shape index (κ3) is 6.35. The molecule has 0 heterocycles. The van der Waals surface area contributed by atoms with Crippen molar-refractivity contribution in [3.8, 4) is 11.5 Å². The summed E-state index contributed by atoms with van der Waals surface area (Å²) < 4.78 is 5.05. The zero-order valence-corrected chi connectivity index (χ0v) is 13.5. The third-order valence-electron chi connectivity index (χ3n) is 3.69. The van der Waals surface area contributed by atoms with Crippen LogP contribution in [0.4, 0.5) is 0 Å². The van der Waals surface area contributed by atoms with E-state index < -0.39 is 12.0 Å². The van der Waals surface area contributed by atoms with Crippen molar-refractivity contribution in [2.24, 2.45) is 0 Å². The molecule has 0 aliphatic rings. The molecule has 0 radical (unpaired) electrons. The maximum absolute atomic E-state index is 11.3. The van der Waals surface area contributed by atoms with Crippen LogP contribution in [0.5, 0.6) is 11.5 Å². The Morgan fingerprint density at radius 1 is 1.27 bits per heavy atom. The van der Waals surface area contributed by atoms with Gasteiger partial charge in [0.25, 0.3) is 0 Å². The second-order valence-electron chi connectivity index (χ2n) is 5.48. The minimum absolute atomic E-state index is 0.0805. The van der Waals surface area contributed by atoms with E-state index in [9.17, 15) is 15.0 Å². The summed E-state index contributed by atoms with van der Waals surface area (Å²) in [5.74, 6) is -0.344. The van der Waals surface area contributed by atoms with Gasteiger partial charge in [-0.3, -0.25) is 4.79 Å². The van der Waals surface area contributed by atoms with E-state index in [4.69, 9.17) is 4.74 Å². The zero-order valence-electron chi connectivity index (χ0n) is 13.5. The van der Waals surface area contributed by atoms with E-state index in [1.165, 1.54) is 20.0 Å². The highest BCUT2D eigenvalue weighted by atomic mass is 16.5. The number of aromatic hydroxyl groups is 1. The van der Waals surface area contributed by atoms with Crippen molar-refractivity contribution in [3.05, 3.63) is 23.8 Å². The Kier molecular flexibility index (Phi) is 8.36.